The Labute approximate surface area is 124 Å². The Morgan fingerprint density at radius 2 is 2.05 bits per heavy atom. The lowest BCUT2D eigenvalue weighted by atomic mass is 10.1. The van der Waals surface area contributed by atoms with Crippen molar-refractivity contribution in [1.29, 1.82) is 0 Å². The van der Waals surface area contributed by atoms with E-state index in [1.54, 1.807) is 17.4 Å². The fourth-order valence-corrected chi connectivity index (χ4v) is 2.89. The van der Waals surface area contributed by atoms with Gasteiger partial charge in [0.05, 0.1) is 5.56 Å². The van der Waals surface area contributed by atoms with E-state index in [-0.39, 0.29) is 5.56 Å². The Morgan fingerprint density at radius 1 is 1.19 bits per heavy atom. The van der Waals surface area contributed by atoms with Crippen molar-refractivity contribution in [2.24, 2.45) is 0 Å². The Kier molecular flexibility index (Phi) is 3.58. The Balaban J connectivity index is 1.75. The molecular formula is C16H12FNO2S. The van der Waals surface area contributed by atoms with Crippen molar-refractivity contribution >= 4 is 33.1 Å². The zero-order chi connectivity index (χ0) is 14.8. The SMILES string of the molecule is O=C(O)c1ccc(CNc2ccc3sccc3c2)cc1F. The third-order valence-electron chi connectivity index (χ3n) is 3.21. The van der Waals surface area contributed by atoms with E-state index in [1.807, 2.05) is 29.6 Å². The summed E-state index contributed by atoms with van der Waals surface area (Å²) in [5.41, 5.74) is 1.34. The molecule has 0 radical (unpaired) electrons. The lowest BCUT2D eigenvalue weighted by Gasteiger charge is -2.08. The van der Waals surface area contributed by atoms with Gasteiger partial charge >= 0.3 is 5.97 Å². The first-order chi connectivity index (χ1) is 10.1. The van der Waals surface area contributed by atoms with Gasteiger partial charge < -0.3 is 10.4 Å². The zero-order valence-corrected chi connectivity index (χ0v) is 11.8. The molecule has 0 aliphatic carbocycles. The fraction of sp³-hybridized carbons (Fsp3) is 0.0625. The molecule has 0 saturated carbocycles. The van der Waals surface area contributed by atoms with Gasteiger partial charge in [0, 0.05) is 16.9 Å². The van der Waals surface area contributed by atoms with Gasteiger partial charge in [-0.1, -0.05) is 6.07 Å². The second-order valence-electron chi connectivity index (χ2n) is 4.65. The van der Waals surface area contributed by atoms with Crippen molar-refractivity contribution in [3.05, 3.63) is 64.8 Å². The van der Waals surface area contributed by atoms with E-state index in [0.29, 0.717) is 12.1 Å². The number of hydrogen-bond donors (Lipinski definition) is 2. The second-order valence-corrected chi connectivity index (χ2v) is 5.59. The fourth-order valence-electron chi connectivity index (χ4n) is 2.12. The highest BCUT2D eigenvalue weighted by Gasteiger charge is 2.10. The minimum absolute atomic E-state index is 0.307. The Hall–Kier alpha value is -2.40. The van der Waals surface area contributed by atoms with E-state index >= 15 is 0 Å². The summed E-state index contributed by atoms with van der Waals surface area (Å²) in [6, 6.07) is 12.2. The van der Waals surface area contributed by atoms with E-state index in [9.17, 15) is 9.18 Å². The van der Waals surface area contributed by atoms with Crippen molar-refractivity contribution < 1.29 is 14.3 Å². The molecule has 3 aromatic rings. The monoisotopic (exact) mass is 301 g/mol. The van der Waals surface area contributed by atoms with E-state index in [2.05, 4.69) is 5.32 Å². The van der Waals surface area contributed by atoms with Gasteiger partial charge in [-0.3, -0.25) is 0 Å². The summed E-state index contributed by atoms with van der Waals surface area (Å²) in [6.07, 6.45) is 0. The molecule has 2 aromatic carbocycles. The van der Waals surface area contributed by atoms with Crippen LogP contribution in [0.5, 0.6) is 0 Å². The van der Waals surface area contributed by atoms with E-state index < -0.39 is 11.8 Å². The highest BCUT2D eigenvalue weighted by Crippen LogP contribution is 2.24. The van der Waals surface area contributed by atoms with E-state index in [0.717, 1.165) is 11.1 Å². The highest BCUT2D eigenvalue weighted by atomic mass is 32.1. The molecule has 0 unspecified atom stereocenters. The van der Waals surface area contributed by atoms with Crippen LogP contribution in [0.25, 0.3) is 10.1 Å². The predicted octanol–water partition coefficient (Wildman–Crippen LogP) is 4.35. The third-order valence-corrected chi connectivity index (χ3v) is 4.11. The van der Waals surface area contributed by atoms with Gasteiger partial charge in [0.15, 0.2) is 0 Å². The van der Waals surface area contributed by atoms with Crippen molar-refractivity contribution in [3.8, 4) is 0 Å². The lowest BCUT2D eigenvalue weighted by Crippen LogP contribution is -2.04. The minimum Gasteiger partial charge on any atom is -0.478 e. The average Bonchev–Trinajstić information content (AvgIpc) is 2.92. The maximum atomic E-state index is 13.6. The van der Waals surface area contributed by atoms with Crippen molar-refractivity contribution in [2.45, 2.75) is 6.54 Å². The maximum Gasteiger partial charge on any atom is 0.338 e. The molecule has 106 valence electrons. The number of benzene rings is 2. The summed E-state index contributed by atoms with van der Waals surface area (Å²) < 4.78 is 14.8. The second kappa shape index (κ2) is 5.54. The first-order valence-corrected chi connectivity index (χ1v) is 7.24. The van der Waals surface area contributed by atoms with Crippen molar-refractivity contribution in [3.63, 3.8) is 0 Å². The van der Waals surface area contributed by atoms with Gasteiger partial charge in [-0.2, -0.15) is 0 Å². The van der Waals surface area contributed by atoms with Crippen LogP contribution in [0.15, 0.2) is 47.8 Å². The van der Waals surface area contributed by atoms with Crippen molar-refractivity contribution in [2.75, 3.05) is 5.32 Å². The molecule has 0 aliphatic heterocycles. The standard InChI is InChI=1S/C16H12FNO2S/c17-14-7-10(1-3-13(14)16(19)20)9-18-12-2-4-15-11(8-12)5-6-21-15/h1-8,18H,9H2,(H,19,20). The maximum absolute atomic E-state index is 13.6. The number of halogens is 1. The van der Waals surface area contributed by atoms with Crippen LogP contribution in [0.4, 0.5) is 10.1 Å². The smallest absolute Gasteiger partial charge is 0.338 e. The van der Waals surface area contributed by atoms with Crippen LogP contribution in [0.1, 0.15) is 15.9 Å². The van der Waals surface area contributed by atoms with E-state index in [4.69, 9.17) is 5.11 Å². The quantitative estimate of drug-likeness (QED) is 0.753. The molecule has 0 atom stereocenters. The van der Waals surface area contributed by atoms with Crippen LogP contribution in [0.3, 0.4) is 0 Å². The predicted molar refractivity (Wildman–Crippen MR) is 82.5 cm³/mol. The molecule has 3 rings (SSSR count). The van der Waals surface area contributed by atoms with Crippen LogP contribution < -0.4 is 5.32 Å². The largest absolute Gasteiger partial charge is 0.478 e. The van der Waals surface area contributed by atoms with Crippen LogP contribution in [-0.2, 0) is 6.54 Å². The number of nitrogens with one attached hydrogen (secondary N) is 1. The molecule has 5 heteroatoms. The molecular weight excluding hydrogens is 289 g/mol. The van der Waals surface area contributed by atoms with Gasteiger partial charge in [0.1, 0.15) is 5.82 Å². The first-order valence-electron chi connectivity index (χ1n) is 6.36. The van der Waals surface area contributed by atoms with Crippen LogP contribution in [0, 0.1) is 5.82 Å². The molecule has 0 amide bonds. The third kappa shape index (κ3) is 2.87. The summed E-state index contributed by atoms with van der Waals surface area (Å²) in [6.45, 7) is 0.437. The van der Waals surface area contributed by atoms with Gasteiger partial charge in [-0.05, 0) is 52.7 Å². The molecule has 21 heavy (non-hydrogen) atoms. The molecule has 0 aliphatic rings. The normalized spacial score (nSPS) is 10.7. The topological polar surface area (TPSA) is 49.3 Å². The summed E-state index contributed by atoms with van der Waals surface area (Å²) in [4.78, 5) is 10.8. The van der Waals surface area contributed by atoms with Gasteiger partial charge in [0.2, 0.25) is 0 Å². The van der Waals surface area contributed by atoms with Gasteiger partial charge in [-0.25, -0.2) is 9.18 Å². The molecule has 3 nitrogen and oxygen atoms in total. The number of hydrogen-bond acceptors (Lipinski definition) is 3. The average molecular weight is 301 g/mol. The number of aromatic carboxylic acids is 1. The number of carboxylic acid groups (broad SMARTS) is 1. The van der Waals surface area contributed by atoms with Crippen LogP contribution >= 0.6 is 11.3 Å². The van der Waals surface area contributed by atoms with Crippen molar-refractivity contribution in [1.82, 2.24) is 0 Å². The lowest BCUT2D eigenvalue weighted by molar-refractivity contribution is 0.0692. The molecule has 0 bridgehead atoms. The number of carboxylic acids is 1. The van der Waals surface area contributed by atoms with Gasteiger partial charge in [-0.15, -0.1) is 11.3 Å². The number of anilines is 1. The Morgan fingerprint density at radius 3 is 2.81 bits per heavy atom. The summed E-state index contributed by atoms with van der Waals surface area (Å²) in [7, 11) is 0. The Bertz CT molecular complexity index is 813. The minimum atomic E-state index is -1.25. The summed E-state index contributed by atoms with van der Waals surface area (Å²) >= 11 is 1.68. The number of carbonyl (C=O) groups is 1. The molecule has 0 saturated heterocycles. The molecule has 1 heterocycles. The summed E-state index contributed by atoms with van der Waals surface area (Å²) in [5.74, 6) is -1.97. The highest BCUT2D eigenvalue weighted by molar-refractivity contribution is 7.17. The molecule has 0 spiro atoms. The molecule has 2 N–H and O–H groups in total. The molecule has 0 fully saturated rings. The number of thiophene rings is 1. The van der Waals surface area contributed by atoms with E-state index in [1.165, 1.54) is 16.8 Å². The summed E-state index contributed by atoms with van der Waals surface area (Å²) in [5, 5.41) is 15.2. The number of fused-ring (bicyclic) bond motifs is 1. The van der Waals surface area contributed by atoms with Gasteiger partial charge in [0.25, 0.3) is 0 Å². The number of rotatable bonds is 4. The zero-order valence-electron chi connectivity index (χ0n) is 11.0. The van der Waals surface area contributed by atoms with Crippen LogP contribution in [-0.4, -0.2) is 11.1 Å². The van der Waals surface area contributed by atoms with Crippen LogP contribution in [0.2, 0.25) is 0 Å². The molecule has 1 aromatic heterocycles. The first kappa shape index (κ1) is 13.6.